The van der Waals surface area contributed by atoms with Gasteiger partial charge in [0.15, 0.2) is 0 Å². The molecule has 1 aliphatic carbocycles. The predicted molar refractivity (Wildman–Crippen MR) is 83.6 cm³/mol. The molecule has 0 saturated heterocycles. The molecule has 19 heavy (non-hydrogen) atoms. The summed E-state index contributed by atoms with van der Waals surface area (Å²) in [7, 11) is 0. The van der Waals surface area contributed by atoms with Crippen LogP contribution in [0.4, 0.5) is 0 Å². The van der Waals surface area contributed by atoms with Crippen molar-refractivity contribution in [3.63, 3.8) is 0 Å². The van der Waals surface area contributed by atoms with Crippen LogP contribution >= 0.6 is 0 Å². The largest absolute Gasteiger partial charge is 0.378 e. The summed E-state index contributed by atoms with van der Waals surface area (Å²) < 4.78 is 5.90. The summed E-state index contributed by atoms with van der Waals surface area (Å²) in [6.45, 7) is 12.2. The summed E-state index contributed by atoms with van der Waals surface area (Å²) in [6.07, 6.45) is 9.46. The van der Waals surface area contributed by atoms with Crippen LogP contribution in [-0.2, 0) is 4.74 Å². The van der Waals surface area contributed by atoms with Crippen LogP contribution in [0.15, 0.2) is 0 Å². The van der Waals surface area contributed by atoms with Crippen molar-refractivity contribution in [2.75, 3.05) is 6.61 Å². The molecule has 1 fully saturated rings. The zero-order chi connectivity index (χ0) is 14.3. The van der Waals surface area contributed by atoms with Crippen molar-refractivity contribution < 1.29 is 4.74 Å². The number of ether oxygens (including phenoxy) is 1. The predicted octanol–water partition coefficient (Wildman–Crippen LogP) is 4.53. The van der Waals surface area contributed by atoms with Gasteiger partial charge in [0.25, 0.3) is 0 Å². The maximum atomic E-state index is 5.90. The first kappa shape index (κ1) is 17.0. The monoisotopic (exact) mass is 269 g/mol. The Morgan fingerprint density at radius 2 is 1.89 bits per heavy atom. The fourth-order valence-electron chi connectivity index (χ4n) is 3.40. The highest BCUT2D eigenvalue weighted by atomic mass is 16.5. The number of hydrogen-bond acceptors (Lipinski definition) is 2. The maximum absolute atomic E-state index is 5.90. The molecule has 0 aromatic carbocycles. The molecule has 4 unspecified atom stereocenters. The Morgan fingerprint density at radius 3 is 2.42 bits per heavy atom. The van der Waals surface area contributed by atoms with E-state index in [0.717, 1.165) is 6.61 Å². The van der Waals surface area contributed by atoms with Gasteiger partial charge in [-0.05, 0) is 32.6 Å². The molecule has 0 aromatic rings. The normalized spacial score (nSPS) is 32.1. The van der Waals surface area contributed by atoms with Gasteiger partial charge in [-0.25, -0.2) is 0 Å². The molecule has 0 bridgehead atoms. The van der Waals surface area contributed by atoms with E-state index >= 15 is 0 Å². The molecule has 2 heteroatoms. The van der Waals surface area contributed by atoms with E-state index < -0.39 is 0 Å². The van der Waals surface area contributed by atoms with Crippen LogP contribution in [0.2, 0.25) is 0 Å². The van der Waals surface area contributed by atoms with Gasteiger partial charge in [-0.15, -0.1) is 0 Å². The standard InChI is InChI=1S/C17H35NO/c1-6-10-12-14(11-7-2)18-15-13-16(19-9-4)17(15,5)8-3/h14-16,18H,6-13H2,1-5H3. The molecule has 2 nitrogen and oxygen atoms in total. The van der Waals surface area contributed by atoms with Crippen LogP contribution in [0.1, 0.15) is 79.6 Å². The average Bonchev–Trinajstić information content (AvgIpc) is 2.42. The number of hydrogen-bond donors (Lipinski definition) is 1. The van der Waals surface area contributed by atoms with E-state index in [-0.39, 0.29) is 0 Å². The van der Waals surface area contributed by atoms with Gasteiger partial charge in [-0.3, -0.25) is 0 Å². The summed E-state index contributed by atoms with van der Waals surface area (Å²) in [5, 5.41) is 3.94. The van der Waals surface area contributed by atoms with Crippen LogP contribution < -0.4 is 5.32 Å². The molecule has 4 atom stereocenters. The third-order valence-electron chi connectivity index (χ3n) is 5.09. The quantitative estimate of drug-likeness (QED) is 0.629. The van der Waals surface area contributed by atoms with Crippen molar-refractivity contribution in [1.82, 2.24) is 5.32 Å². The topological polar surface area (TPSA) is 21.3 Å². The first-order valence-corrected chi connectivity index (χ1v) is 8.49. The van der Waals surface area contributed by atoms with E-state index in [1.165, 1.54) is 44.9 Å². The van der Waals surface area contributed by atoms with Gasteiger partial charge >= 0.3 is 0 Å². The van der Waals surface area contributed by atoms with Crippen molar-refractivity contribution >= 4 is 0 Å². The second-order valence-electron chi connectivity index (χ2n) is 6.39. The minimum atomic E-state index is 0.341. The molecule has 1 saturated carbocycles. The van der Waals surface area contributed by atoms with Crippen LogP contribution in [0.3, 0.4) is 0 Å². The first-order chi connectivity index (χ1) is 9.12. The minimum Gasteiger partial charge on any atom is -0.378 e. The lowest BCUT2D eigenvalue weighted by Crippen LogP contribution is -2.63. The van der Waals surface area contributed by atoms with Crippen molar-refractivity contribution in [1.29, 1.82) is 0 Å². The Hall–Kier alpha value is -0.0800. The van der Waals surface area contributed by atoms with Crippen LogP contribution in [0, 0.1) is 5.41 Å². The van der Waals surface area contributed by atoms with Crippen molar-refractivity contribution in [3.05, 3.63) is 0 Å². The van der Waals surface area contributed by atoms with Crippen LogP contribution in [0.5, 0.6) is 0 Å². The smallest absolute Gasteiger partial charge is 0.0658 e. The lowest BCUT2D eigenvalue weighted by molar-refractivity contribution is -0.128. The van der Waals surface area contributed by atoms with Gasteiger partial charge in [0.05, 0.1) is 6.10 Å². The summed E-state index contributed by atoms with van der Waals surface area (Å²) in [5.41, 5.74) is 0.341. The molecule has 0 spiro atoms. The van der Waals surface area contributed by atoms with Crippen molar-refractivity contribution in [2.24, 2.45) is 5.41 Å². The zero-order valence-corrected chi connectivity index (χ0v) is 13.8. The number of rotatable bonds is 10. The van der Waals surface area contributed by atoms with Gasteiger partial charge in [-0.1, -0.05) is 47.0 Å². The molecule has 0 aromatic heterocycles. The van der Waals surface area contributed by atoms with Gasteiger partial charge in [0, 0.05) is 24.1 Å². The summed E-state index contributed by atoms with van der Waals surface area (Å²) >= 11 is 0. The van der Waals surface area contributed by atoms with Gasteiger partial charge in [-0.2, -0.15) is 0 Å². The average molecular weight is 269 g/mol. The van der Waals surface area contributed by atoms with Gasteiger partial charge in [0.2, 0.25) is 0 Å². The molecule has 114 valence electrons. The summed E-state index contributed by atoms with van der Waals surface area (Å²) in [6, 6.07) is 1.37. The Labute approximate surface area is 120 Å². The molecular formula is C17H35NO. The minimum absolute atomic E-state index is 0.341. The second-order valence-corrected chi connectivity index (χ2v) is 6.39. The number of nitrogens with one attached hydrogen (secondary N) is 1. The lowest BCUT2D eigenvalue weighted by atomic mass is 9.61. The lowest BCUT2D eigenvalue weighted by Gasteiger charge is -2.54. The highest BCUT2D eigenvalue weighted by Crippen LogP contribution is 2.46. The summed E-state index contributed by atoms with van der Waals surface area (Å²) in [4.78, 5) is 0. The van der Waals surface area contributed by atoms with Crippen molar-refractivity contribution in [3.8, 4) is 0 Å². The molecule has 1 rings (SSSR count). The molecule has 0 heterocycles. The van der Waals surface area contributed by atoms with Crippen molar-refractivity contribution in [2.45, 2.75) is 97.8 Å². The van der Waals surface area contributed by atoms with E-state index in [1.54, 1.807) is 0 Å². The van der Waals surface area contributed by atoms with Crippen LogP contribution in [0.25, 0.3) is 0 Å². The Morgan fingerprint density at radius 1 is 1.16 bits per heavy atom. The Bertz CT molecular complexity index is 243. The Balaban J connectivity index is 2.50. The zero-order valence-electron chi connectivity index (χ0n) is 13.8. The van der Waals surface area contributed by atoms with Gasteiger partial charge in [0.1, 0.15) is 0 Å². The molecule has 0 amide bonds. The fourth-order valence-corrected chi connectivity index (χ4v) is 3.40. The molecule has 1 N–H and O–H groups in total. The highest BCUT2D eigenvalue weighted by molar-refractivity contribution is 5.05. The van der Waals surface area contributed by atoms with E-state index in [1.807, 2.05) is 0 Å². The molecular weight excluding hydrogens is 234 g/mol. The third kappa shape index (κ3) is 4.19. The SMILES string of the molecule is CCCCC(CCC)NC1CC(OCC)C1(C)CC. The van der Waals surface area contributed by atoms with E-state index in [0.29, 0.717) is 23.6 Å². The second kappa shape index (κ2) is 8.26. The van der Waals surface area contributed by atoms with Gasteiger partial charge < -0.3 is 10.1 Å². The third-order valence-corrected chi connectivity index (χ3v) is 5.09. The maximum Gasteiger partial charge on any atom is 0.0658 e. The Kier molecular flexibility index (Phi) is 7.38. The molecule has 0 radical (unpaired) electrons. The van der Waals surface area contributed by atoms with E-state index in [4.69, 9.17) is 4.74 Å². The van der Waals surface area contributed by atoms with E-state index in [2.05, 4.69) is 39.9 Å². The fraction of sp³-hybridized carbons (Fsp3) is 1.00. The highest BCUT2D eigenvalue weighted by Gasteiger charge is 2.51. The van der Waals surface area contributed by atoms with Crippen LogP contribution in [-0.4, -0.2) is 24.8 Å². The van der Waals surface area contributed by atoms with E-state index in [9.17, 15) is 0 Å². The summed E-state index contributed by atoms with van der Waals surface area (Å²) in [5.74, 6) is 0. The number of unbranched alkanes of at least 4 members (excludes halogenated alkanes) is 1. The first-order valence-electron chi connectivity index (χ1n) is 8.49. The molecule has 0 aliphatic heterocycles. The molecule has 1 aliphatic rings.